The van der Waals surface area contributed by atoms with E-state index in [0.717, 1.165) is 29.0 Å². The Kier molecular flexibility index (Phi) is 6.46. The first kappa shape index (κ1) is 19.6. The second-order valence-corrected chi connectivity index (χ2v) is 5.96. The van der Waals surface area contributed by atoms with Gasteiger partial charge in [-0.15, -0.1) is 0 Å². The van der Waals surface area contributed by atoms with Crippen molar-refractivity contribution >= 4 is 11.8 Å². The van der Waals surface area contributed by atoms with Crippen molar-refractivity contribution in [1.29, 1.82) is 0 Å². The third kappa shape index (κ3) is 4.45. The summed E-state index contributed by atoms with van der Waals surface area (Å²) in [7, 11) is 3.08. The van der Waals surface area contributed by atoms with E-state index in [-0.39, 0.29) is 23.6 Å². The molecular weight excluding hydrogens is 338 g/mol. The van der Waals surface area contributed by atoms with Crippen molar-refractivity contribution in [2.75, 3.05) is 20.3 Å². The first-order chi connectivity index (χ1) is 12.3. The highest BCUT2D eigenvalue weighted by atomic mass is 16.5. The number of carbonyl (C=O) groups excluding carboxylic acids is 2. The summed E-state index contributed by atoms with van der Waals surface area (Å²) in [5.74, 6) is -1.03. The highest BCUT2D eigenvalue weighted by molar-refractivity contribution is 6.00. The molecule has 0 aliphatic heterocycles. The van der Waals surface area contributed by atoms with E-state index in [0.29, 0.717) is 12.2 Å². The Labute approximate surface area is 151 Å². The number of ketones is 1. The summed E-state index contributed by atoms with van der Waals surface area (Å²) in [6.45, 7) is 4.80. The molecule has 26 heavy (non-hydrogen) atoms. The number of methoxy groups -OCH3 is 1. The van der Waals surface area contributed by atoms with Crippen LogP contribution in [0.5, 0.6) is 0 Å². The Hall–Kier alpha value is -2.74. The predicted molar refractivity (Wildman–Crippen MR) is 94.5 cm³/mol. The fourth-order valence-electron chi connectivity index (χ4n) is 2.69. The largest absolute Gasteiger partial charge is 0.453 e. The quantitative estimate of drug-likeness (QED) is 0.399. The molecule has 0 aromatic carbocycles. The van der Waals surface area contributed by atoms with E-state index < -0.39 is 5.97 Å². The standard InChI is InChI=1S/C18H23N3O5/c1-12-10-14(13(2)21(12)8-5-9-25-4)16(22)11-26-18(24)15-6-7-17(23)20(3)19-15/h6-7,10H,5,8-9,11H2,1-4H3. The number of hydrogen-bond acceptors (Lipinski definition) is 6. The van der Waals surface area contributed by atoms with Gasteiger partial charge in [0, 0.05) is 50.3 Å². The Morgan fingerprint density at radius 3 is 2.62 bits per heavy atom. The fraction of sp³-hybridized carbons (Fsp3) is 0.444. The van der Waals surface area contributed by atoms with Gasteiger partial charge in [0.2, 0.25) is 5.78 Å². The molecule has 0 saturated carbocycles. The lowest BCUT2D eigenvalue weighted by Crippen LogP contribution is -2.23. The van der Waals surface area contributed by atoms with Gasteiger partial charge in [-0.25, -0.2) is 9.48 Å². The first-order valence-electron chi connectivity index (χ1n) is 8.25. The lowest BCUT2D eigenvalue weighted by atomic mass is 10.1. The van der Waals surface area contributed by atoms with Crippen LogP contribution in [0, 0.1) is 13.8 Å². The van der Waals surface area contributed by atoms with E-state index in [1.807, 2.05) is 18.4 Å². The van der Waals surface area contributed by atoms with Crippen molar-refractivity contribution in [3.05, 3.63) is 51.2 Å². The van der Waals surface area contributed by atoms with Crippen LogP contribution in [0.2, 0.25) is 0 Å². The van der Waals surface area contributed by atoms with Crippen molar-refractivity contribution in [2.45, 2.75) is 26.8 Å². The summed E-state index contributed by atoms with van der Waals surface area (Å²) in [5, 5.41) is 3.80. The van der Waals surface area contributed by atoms with E-state index in [4.69, 9.17) is 9.47 Å². The maximum Gasteiger partial charge on any atom is 0.359 e. The van der Waals surface area contributed by atoms with Gasteiger partial charge >= 0.3 is 5.97 Å². The lowest BCUT2D eigenvalue weighted by molar-refractivity contribution is 0.0466. The highest BCUT2D eigenvalue weighted by Gasteiger charge is 2.18. The number of aromatic nitrogens is 3. The van der Waals surface area contributed by atoms with Gasteiger partial charge in [-0.3, -0.25) is 9.59 Å². The van der Waals surface area contributed by atoms with E-state index in [9.17, 15) is 14.4 Å². The smallest absolute Gasteiger partial charge is 0.359 e. The molecule has 2 heterocycles. The predicted octanol–water partition coefficient (Wildman–Crippen LogP) is 1.27. The number of rotatable bonds is 8. The van der Waals surface area contributed by atoms with Crippen LogP contribution in [-0.4, -0.2) is 46.4 Å². The second-order valence-electron chi connectivity index (χ2n) is 5.96. The van der Waals surface area contributed by atoms with Crippen molar-refractivity contribution in [2.24, 2.45) is 7.05 Å². The Balaban J connectivity index is 2.03. The minimum absolute atomic E-state index is 0.0232. The number of Topliss-reactive ketones (excluding diaryl/α,β-unsaturated/α-hetero) is 1. The minimum Gasteiger partial charge on any atom is -0.453 e. The molecule has 0 aliphatic carbocycles. The summed E-state index contributed by atoms with van der Waals surface area (Å²) in [6, 6.07) is 4.29. The zero-order valence-corrected chi connectivity index (χ0v) is 15.4. The SMILES string of the molecule is COCCCn1c(C)cc(C(=O)COC(=O)c2ccc(=O)n(C)n2)c1C. The van der Waals surface area contributed by atoms with Crippen LogP contribution in [-0.2, 0) is 23.1 Å². The van der Waals surface area contributed by atoms with Crippen LogP contribution >= 0.6 is 0 Å². The molecular formula is C18H23N3O5. The topological polar surface area (TPSA) is 92.4 Å². The number of carbonyl (C=O) groups is 2. The monoisotopic (exact) mass is 361 g/mol. The third-order valence-corrected chi connectivity index (χ3v) is 4.11. The fourth-order valence-corrected chi connectivity index (χ4v) is 2.69. The molecule has 0 spiro atoms. The number of nitrogens with zero attached hydrogens (tertiary/aromatic N) is 3. The van der Waals surface area contributed by atoms with E-state index in [1.165, 1.54) is 19.2 Å². The molecule has 8 heteroatoms. The average Bonchev–Trinajstić information content (AvgIpc) is 2.90. The molecule has 0 unspecified atom stereocenters. The maximum atomic E-state index is 12.4. The van der Waals surface area contributed by atoms with Crippen LogP contribution < -0.4 is 5.56 Å². The average molecular weight is 361 g/mol. The first-order valence-corrected chi connectivity index (χ1v) is 8.25. The zero-order valence-electron chi connectivity index (χ0n) is 15.4. The van der Waals surface area contributed by atoms with Gasteiger partial charge in [0.25, 0.3) is 5.56 Å². The van der Waals surface area contributed by atoms with Crippen LogP contribution in [0.1, 0.15) is 38.7 Å². The molecule has 0 radical (unpaired) electrons. The van der Waals surface area contributed by atoms with E-state index in [1.54, 1.807) is 13.2 Å². The molecule has 2 aromatic rings. The number of ether oxygens (including phenoxy) is 2. The molecule has 0 aliphatic rings. The van der Waals surface area contributed by atoms with Crippen LogP contribution in [0.25, 0.3) is 0 Å². The summed E-state index contributed by atoms with van der Waals surface area (Å²) in [6.07, 6.45) is 0.841. The molecule has 140 valence electrons. The van der Waals surface area contributed by atoms with E-state index in [2.05, 4.69) is 5.10 Å². The van der Waals surface area contributed by atoms with Crippen LogP contribution in [0.3, 0.4) is 0 Å². The van der Waals surface area contributed by atoms with Gasteiger partial charge in [-0.1, -0.05) is 0 Å². The lowest BCUT2D eigenvalue weighted by Gasteiger charge is -2.09. The summed E-state index contributed by atoms with van der Waals surface area (Å²) in [4.78, 5) is 35.7. The Bertz CT molecular complexity index is 866. The highest BCUT2D eigenvalue weighted by Crippen LogP contribution is 2.16. The molecule has 0 fully saturated rings. The van der Waals surface area contributed by atoms with Crippen LogP contribution in [0.4, 0.5) is 0 Å². The zero-order chi connectivity index (χ0) is 19.3. The number of hydrogen-bond donors (Lipinski definition) is 0. The Morgan fingerprint density at radius 1 is 1.23 bits per heavy atom. The van der Waals surface area contributed by atoms with Gasteiger partial charge in [-0.05, 0) is 32.4 Å². The van der Waals surface area contributed by atoms with Gasteiger partial charge in [0.1, 0.15) is 0 Å². The van der Waals surface area contributed by atoms with Crippen LogP contribution in [0.15, 0.2) is 23.0 Å². The van der Waals surface area contributed by atoms with Gasteiger partial charge in [0.05, 0.1) is 0 Å². The van der Waals surface area contributed by atoms with Crippen molar-refractivity contribution in [3.8, 4) is 0 Å². The molecule has 0 amide bonds. The number of aryl methyl sites for hydroxylation is 2. The number of esters is 1. The normalized spacial score (nSPS) is 10.8. The van der Waals surface area contributed by atoms with Crippen molar-refractivity contribution in [1.82, 2.24) is 14.3 Å². The van der Waals surface area contributed by atoms with E-state index >= 15 is 0 Å². The summed E-state index contributed by atoms with van der Waals surface area (Å²) < 4.78 is 13.2. The van der Waals surface area contributed by atoms with Gasteiger partial charge in [0.15, 0.2) is 12.3 Å². The molecule has 0 saturated heterocycles. The molecule has 0 bridgehead atoms. The molecule has 2 aromatic heterocycles. The van der Waals surface area contributed by atoms with Crippen molar-refractivity contribution < 1.29 is 19.1 Å². The Morgan fingerprint density at radius 2 is 1.96 bits per heavy atom. The van der Waals surface area contributed by atoms with Crippen molar-refractivity contribution in [3.63, 3.8) is 0 Å². The van der Waals surface area contributed by atoms with Gasteiger partial charge < -0.3 is 14.0 Å². The minimum atomic E-state index is -0.747. The molecule has 8 nitrogen and oxygen atoms in total. The molecule has 0 atom stereocenters. The molecule has 0 N–H and O–H groups in total. The second kappa shape index (κ2) is 8.57. The molecule has 2 rings (SSSR count). The third-order valence-electron chi connectivity index (χ3n) is 4.11. The maximum absolute atomic E-state index is 12.4. The summed E-state index contributed by atoms with van der Waals surface area (Å²) >= 11 is 0. The van der Waals surface area contributed by atoms with Gasteiger partial charge in [-0.2, -0.15) is 5.10 Å². The summed E-state index contributed by atoms with van der Waals surface area (Å²) in [5.41, 5.74) is 1.97.